The monoisotopic (exact) mass is 229 g/mol. The Kier molecular flexibility index (Phi) is 2.95. The second-order valence-corrected chi connectivity index (χ2v) is 3.90. The van der Waals surface area contributed by atoms with E-state index in [1.54, 1.807) is 4.68 Å². The van der Waals surface area contributed by atoms with E-state index >= 15 is 0 Å². The highest BCUT2D eigenvalue weighted by Gasteiger charge is 2.11. The average molecular weight is 229 g/mol. The zero-order valence-corrected chi connectivity index (χ0v) is 9.80. The molecular weight excluding hydrogens is 216 g/mol. The number of aromatic nitrogens is 2. The van der Waals surface area contributed by atoms with Crippen LogP contribution in [0.2, 0.25) is 0 Å². The zero-order chi connectivity index (χ0) is 12.4. The van der Waals surface area contributed by atoms with Crippen molar-refractivity contribution < 1.29 is 9.90 Å². The van der Waals surface area contributed by atoms with Crippen LogP contribution in [-0.2, 0) is 6.54 Å². The summed E-state index contributed by atoms with van der Waals surface area (Å²) in [7, 11) is 0. The Morgan fingerprint density at radius 2 is 2.24 bits per heavy atom. The van der Waals surface area contributed by atoms with E-state index in [2.05, 4.69) is 5.10 Å². The molecule has 1 aromatic carbocycles. The molecule has 88 valence electrons. The van der Waals surface area contributed by atoms with Gasteiger partial charge in [0.05, 0.1) is 5.97 Å². The van der Waals surface area contributed by atoms with Crippen LogP contribution < -0.4 is 5.11 Å². The van der Waals surface area contributed by atoms with Gasteiger partial charge >= 0.3 is 0 Å². The summed E-state index contributed by atoms with van der Waals surface area (Å²) < 4.78 is 1.60. The molecule has 0 spiro atoms. The number of hydrogen-bond acceptors (Lipinski definition) is 3. The lowest BCUT2D eigenvalue weighted by atomic mass is 10.1. The zero-order valence-electron chi connectivity index (χ0n) is 9.80. The van der Waals surface area contributed by atoms with Crippen molar-refractivity contribution in [1.29, 1.82) is 0 Å². The second-order valence-electron chi connectivity index (χ2n) is 3.90. The molecule has 17 heavy (non-hydrogen) atoms. The minimum absolute atomic E-state index is 0.137. The van der Waals surface area contributed by atoms with Crippen LogP contribution in [0.3, 0.4) is 0 Å². The van der Waals surface area contributed by atoms with E-state index in [9.17, 15) is 9.90 Å². The Morgan fingerprint density at radius 3 is 2.82 bits per heavy atom. The lowest BCUT2D eigenvalue weighted by molar-refractivity contribution is -0.254. The fourth-order valence-corrected chi connectivity index (χ4v) is 1.74. The van der Waals surface area contributed by atoms with Crippen molar-refractivity contribution in [2.24, 2.45) is 0 Å². The first-order valence-electron chi connectivity index (χ1n) is 5.47. The van der Waals surface area contributed by atoms with Crippen LogP contribution in [0.15, 0.2) is 30.5 Å². The van der Waals surface area contributed by atoms with Crippen molar-refractivity contribution in [3.63, 3.8) is 0 Å². The Hall–Kier alpha value is -2.10. The third kappa shape index (κ3) is 2.20. The molecule has 0 aliphatic heterocycles. The first-order valence-corrected chi connectivity index (χ1v) is 5.47. The van der Waals surface area contributed by atoms with Crippen LogP contribution in [0.1, 0.15) is 22.8 Å². The molecule has 0 aliphatic rings. The van der Waals surface area contributed by atoms with E-state index in [-0.39, 0.29) is 5.56 Å². The summed E-state index contributed by atoms with van der Waals surface area (Å²) in [6, 6.07) is 7.60. The summed E-state index contributed by atoms with van der Waals surface area (Å²) >= 11 is 0. The van der Waals surface area contributed by atoms with E-state index in [0.29, 0.717) is 12.2 Å². The maximum absolute atomic E-state index is 11.0. The largest absolute Gasteiger partial charge is 0.545 e. The summed E-state index contributed by atoms with van der Waals surface area (Å²) in [5.41, 5.74) is 2.47. The number of rotatable bonds is 3. The number of carbonyl (C=O) groups is 1. The smallest absolute Gasteiger partial charge is 0.101 e. The standard InChI is InChI=1S/C13H14N2O2/c1-3-15-8-11(13(16)17)12(14-15)10-6-4-5-9(2)7-10/h4-8H,3H2,1-2H3,(H,16,17)/p-1. The summed E-state index contributed by atoms with van der Waals surface area (Å²) in [6.07, 6.45) is 1.51. The van der Waals surface area contributed by atoms with Crippen LogP contribution in [0.5, 0.6) is 0 Å². The second kappa shape index (κ2) is 4.41. The van der Waals surface area contributed by atoms with Crippen LogP contribution in [-0.4, -0.2) is 15.7 Å². The molecule has 0 aliphatic carbocycles. The van der Waals surface area contributed by atoms with Gasteiger partial charge in [-0.1, -0.05) is 23.8 Å². The number of aromatic carboxylic acids is 1. The van der Waals surface area contributed by atoms with Gasteiger partial charge in [-0.05, 0) is 19.9 Å². The SMILES string of the molecule is CCn1cc(C(=O)[O-])c(-c2cccc(C)c2)n1. The summed E-state index contributed by atoms with van der Waals surface area (Å²) in [5.74, 6) is -1.19. The number of carbonyl (C=O) groups excluding carboxylic acids is 1. The number of carboxylic acid groups (broad SMARTS) is 1. The lowest BCUT2D eigenvalue weighted by Crippen LogP contribution is -2.22. The third-order valence-corrected chi connectivity index (χ3v) is 2.60. The van der Waals surface area contributed by atoms with Gasteiger partial charge in [0.1, 0.15) is 5.69 Å². The van der Waals surface area contributed by atoms with Gasteiger partial charge in [-0.2, -0.15) is 5.10 Å². The molecule has 0 saturated heterocycles. The molecule has 2 aromatic rings. The van der Waals surface area contributed by atoms with Crippen molar-refractivity contribution in [2.45, 2.75) is 20.4 Å². The van der Waals surface area contributed by atoms with Crippen molar-refractivity contribution in [1.82, 2.24) is 9.78 Å². The van der Waals surface area contributed by atoms with Crippen LogP contribution >= 0.6 is 0 Å². The maximum Gasteiger partial charge on any atom is 0.101 e. The molecule has 2 rings (SSSR count). The van der Waals surface area contributed by atoms with Gasteiger partial charge in [0.15, 0.2) is 0 Å². The van der Waals surface area contributed by atoms with E-state index in [0.717, 1.165) is 11.1 Å². The third-order valence-electron chi connectivity index (χ3n) is 2.60. The number of aryl methyl sites for hydroxylation is 2. The molecule has 0 fully saturated rings. The number of hydrogen-bond donors (Lipinski definition) is 0. The minimum atomic E-state index is -1.19. The van der Waals surface area contributed by atoms with Gasteiger partial charge in [0, 0.05) is 23.9 Å². The molecule has 1 heterocycles. The molecule has 0 radical (unpaired) electrons. The van der Waals surface area contributed by atoms with Crippen LogP contribution in [0.25, 0.3) is 11.3 Å². The van der Waals surface area contributed by atoms with Crippen molar-refractivity contribution in [2.75, 3.05) is 0 Å². The van der Waals surface area contributed by atoms with E-state index in [1.165, 1.54) is 6.20 Å². The number of carboxylic acids is 1. The van der Waals surface area contributed by atoms with Crippen molar-refractivity contribution in [3.8, 4) is 11.3 Å². The highest BCUT2D eigenvalue weighted by Crippen LogP contribution is 2.22. The molecule has 0 amide bonds. The van der Waals surface area contributed by atoms with Gasteiger partial charge in [-0.25, -0.2) is 0 Å². The quantitative estimate of drug-likeness (QED) is 0.795. The average Bonchev–Trinajstić information content (AvgIpc) is 2.73. The summed E-state index contributed by atoms with van der Waals surface area (Å²) in [4.78, 5) is 11.0. The summed E-state index contributed by atoms with van der Waals surface area (Å²) in [5, 5.41) is 15.3. The molecule has 0 unspecified atom stereocenters. The Balaban J connectivity index is 2.57. The lowest BCUT2D eigenvalue weighted by Gasteiger charge is -2.03. The first kappa shape index (κ1) is 11.4. The van der Waals surface area contributed by atoms with Crippen LogP contribution in [0, 0.1) is 6.92 Å². The fourth-order valence-electron chi connectivity index (χ4n) is 1.74. The predicted molar refractivity (Wildman–Crippen MR) is 62.4 cm³/mol. The first-order chi connectivity index (χ1) is 8.11. The van der Waals surface area contributed by atoms with Crippen LogP contribution in [0.4, 0.5) is 0 Å². The number of benzene rings is 1. The Morgan fingerprint density at radius 1 is 1.47 bits per heavy atom. The normalized spacial score (nSPS) is 10.5. The predicted octanol–water partition coefficient (Wildman–Crippen LogP) is 1.24. The minimum Gasteiger partial charge on any atom is -0.545 e. The van der Waals surface area contributed by atoms with Crippen molar-refractivity contribution in [3.05, 3.63) is 41.6 Å². The molecule has 0 saturated carbocycles. The van der Waals surface area contributed by atoms with Crippen molar-refractivity contribution >= 4 is 5.97 Å². The molecule has 0 atom stereocenters. The molecular formula is C13H13N2O2-. The molecule has 4 nitrogen and oxygen atoms in total. The van der Waals surface area contributed by atoms with Gasteiger partial charge < -0.3 is 9.90 Å². The van der Waals surface area contributed by atoms with Gasteiger partial charge in [0.2, 0.25) is 0 Å². The molecule has 0 bridgehead atoms. The fraction of sp³-hybridized carbons (Fsp3) is 0.231. The molecule has 4 heteroatoms. The summed E-state index contributed by atoms with van der Waals surface area (Å²) in [6.45, 7) is 4.50. The topological polar surface area (TPSA) is 58.0 Å². The molecule has 1 aromatic heterocycles. The highest BCUT2D eigenvalue weighted by atomic mass is 16.4. The van der Waals surface area contributed by atoms with Gasteiger partial charge in [0.25, 0.3) is 0 Å². The molecule has 0 N–H and O–H groups in total. The maximum atomic E-state index is 11.0. The van der Waals surface area contributed by atoms with E-state index in [1.807, 2.05) is 38.1 Å². The van der Waals surface area contributed by atoms with Gasteiger partial charge in [-0.15, -0.1) is 0 Å². The van der Waals surface area contributed by atoms with E-state index < -0.39 is 5.97 Å². The highest BCUT2D eigenvalue weighted by molar-refractivity contribution is 5.93. The Labute approximate surface area is 99.5 Å². The van der Waals surface area contributed by atoms with E-state index in [4.69, 9.17) is 0 Å². The number of nitrogens with zero attached hydrogens (tertiary/aromatic N) is 2. The van der Waals surface area contributed by atoms with Gasteiger partial charge in [-0.3, -0.25) is 4.68 Å². The Bertz CT molecular complexity index is 558.